The Hall–Kier alpha value is -2.73. The Labute approximate surface area is 157 Å². The van der Waals surface area contributed by atoms with Gasteiger partial charge >= 0.3 is 0 Å². The molecular formula is C20H21N3O2S. The predicted octanol–water partition coefficient (Wildman–Crippen LogP) is 3.58. The maximum absolute atomic E-state index is 12.5. The molecule has 0 saturated heterocycles. The van der Waals surface area contributed by atoms with Crippen LogP contribution < -0.4 is 10.1 Å². The second-order valence-electron chi connectivity index (χ2n) is 5.69. The molecule has 1 amide bonds. The fraction of sp³-hybridized carbons (Fsp3) is 0.200. The Morgan fingerprint density at radius 3 is 2.77 bits per heavy atom. The molecule has 6 heteroatoms. The number of aromatic nitrogens is 2. The van der Waals surface area contributed by atoms with Crippen molar-refractivity contribution in [3.8, 4) is 11.4 Å². The third kappa shape index (κ3) is 4.26. The normalized spacial score (nSPS) is 10.5. The Morgan fingerprint density at radius 1 is 1.23 bits per heavy atom. The van der Waals surface area contributed by atoms with E-state index in [0.29, 0.717) is 12.1 Å². The number of hydrogen-bond donors (Lipinski definition) is 1. The lowest BCUT2D eigenvalue weighted by atomic mass is 10.1. The first kappa shape index (κ1) is 18.1. The van der Waals surface area contributed by atoms with Gasteiger partial charge in [0, 0.05) is 30.2 Å². The number of imidazole rings is 1. The van der Waals surface area contributed by atoms with Gasteiger partial charge in [-0.05, 0) is 48.6 Å². The monoisotopic (exact) mass is 367 g/mol. The molecule has 0 spiro atoms. The largest absolute Gasteiger partial charge is 0.497 e. The summed E-state index contributed by atoms with van der Waals surface area (Å²) in [6.07, 6.45) is 6.40. The SMILES string of the molecule is COc1ccc(CCNC(=O)c2cccc(-n3ccnc3SC)c2)cc1. The molecule has 26 heavy (non-hydrogen) atoms. The van der Waals surface area contributed by atoms with Crippen LogP contribution in [0.1, 0.15) is 15.9 Å². The van der Waals surface area contributed by atoms with Gasteiger partial charge in [-0.2, -0.15) is 0 Å². The Balaban J connectivity index is 1.62. The van der Waals surface area contributed by atoms with Crippen molar-refractivity contribution >= 4 is 17.7 Å². The topological polar surface area (TPSA) is 56.1 Å². The lowest BCUT2D eigenvalue weighted by Gasteiger charge is -2.09. The maximum Gasteiger partial charge on any atom is 0.251 e. The molecule has 1 N–H and O–H groups in total. The summed E-state index contributed by atoms with van der Waals surface area (Å²) in [6.45, 7) is 0.580. The molecule has 1 aromatic heterocycles. The van der Waals surface area contributed by atoms with E-state index in [1.807, 2.05) is 65.6 Å². The van der Waals surface area contributed by atoms with Crippen molar-refractivity contribution in [2.24, 2.45) is 0 Å². The summed E-state index contributed by atoms with van der Waals surface area (Å²) in [7, 11) is 1.65. The van der Waals surface area contributed by atoms with E-state index in [9.17, 15) is 4.79 Å². The van der Waals surface area contributed by atoms with E-state index in [0.717, 1.165) is 28.6 Å². The number of ether oxygens (including phenoxy) is 1. The summed E-state index contributed by atoms with van der Waals surface area (Å²) in [4.78, 5) is 16.7. The molecule has 0 fully saturated rings. The summed E-state index contributed by atoms with van der Waals surface area (Å²) in [6, 6.07) is 15.4. The number of rotatable bonds is 7. The maximum atomic E-state index is 12.5. The zero-order valence-corrected chi connectivity index (χ0v) is 15.6. The molecule has 0 aliphatic rings. The zero-order valence-electron chi connectivity index (χ0n) is 14.8. The van der Waals surface area contributed by atoms with Gasteiger partial charge in [-0.3, -0.25) is 9.36 Å². The van der Waals surface area contributed by atoms with Gasteiger partial charge < -0.3 is 10.1 Å². The van der Waals surface area contributed by atoms with Gasteiger partial charge in [0.15, 0.2) is 5.16 Å². The second kappa shape index (κ2) is 8.58. The molecule has 0 aliphatic heterocycles. The first-order valence-corrected chi connectivity index (χ1v) is 9.52. The Bertz CT molecular complexity index is 875. The van der Waals surface area contributed by atoms with E-state index in [-0.39, 0.29) is 5.91 Å². The van der Waals surface area contributed by atoms with Crippen LogP contribution in [0.5, 0.6) is 5.75 Å². The average molecular weight is 367 g/mol. The van der Waals surface area contributed by atoms with Crippen molar-refractivity contribution in [2.75, 3.05) is 19.9 Å². The van der Waals surface area contributed by atoms with Gasteiger partial charge in [-0.25, -0.2) is 4.98 Å². The van der Waals surface area contributed by atoms with Gasteiger partial charge in [-0.15, -0.1) is 0 Å². The van der Waals surface area contributed by atoms with Gasteiger partial charge in [0.2, 0.25) is 0 Å². The van der Waals surface area contributed by atoms with E-state index in [2.05, 4.69) is 10.3 Å². The minimum atomic E-state index is -0.0776. The molecule has 0 radical (unpaired) electrons. The molecule has 0 saturated carbocycles. The fourth-order valence-corrected chi connectivity index (χ4v) is 3.18. The number of carbonyl (C=O) groups is 1. The van der Waals surface area contributed by atoms with Crippen LogP contribution in [0.4, 0.5) is 0 Å². The van der Waals surface area contributed by atoms with E-state index in [1.165, 1.54) is 0 Å². The highest BCUT2D eigenvalue weighted by atomic mass is 32.2. The van der Waals surface area contributed by atoms with Crippen molar-refractivity contribution in [1.82, 2.24) is 14.9 Å². The first-order chi connectivity index (χ1) is 12.7. The van der Waals surface area contributed by atoms with Crippen LogP contribution >= 0.6 is 11.8 Å². The summed E-state index contributed by atoms with van der Waals surface area (Å²) >= 11 is 1.57. The number of nitrogens with zero attached hydrogens (tertiary/aromatic N) is 2. The lowest BCUT2D eigenvalue weighted by Crippen LogP contribution is -2.25. The number of benzene rings is 2. The highest BCUT2D eigenvalue weighted by molar-refractivity contribution is 7.98. The highest BCUT2D eigenvalue weighted by Crippen LogP contribution is 2.19. The van der Waals surface area contributed by atoms with Gasteiger partial charge in [0.1, 0.15) is 5.75 Å². The van der Waals surface area contributed by atoms with Crippen LogP contribution in [-0.4, -0.2) is 35.4 Å². The number of nitrogens with one attached hydrogen (secondary N) is 1. The van der Waals surface area contributed by atoms with Crippen LogP contribution in [0.15, 0.2) is 66.1 Å². The van der Waals surface area contributed by atoms with E-state index in [4.69, 9.17) is 4.74 Å². The molecule has 0 aliphatic carbocycles. The number of carbonyl (C=O) groups excluding carboxylic acids is 1. The molecule has 3 aromatic rings. The van der Waals surface area contributed by atoms with Crippen LogP contribution in [0, 0.1) is 0 Å². The molecule has 2 aromatic carbocycles. The van der Waals surface area contributed by atoms with Crippen molar-refractivity contribution in [2.45, 2.75) is 11.6 Å². The molecule has 5 nitrogen and oxygen atoms in total. The Kier molecular flexibility index (Phi) is 5.96. The standard InChI is InChI=1S/C20H21N3O2S/c1-25-18-8-6-15(7-9-18)10-11-21-19(24)16-4-3-5-17(14-16)23-13-12-22-20(23)26-2/h3-9,12-14H,10-11H2,1-2H3,(H,21,24). The van der Waals surface area contributed by atoms with Crippen LogP contribution in [0.2, 0.25) is 0 Å². The summed E-state index contributed by atoms with van der Waals surface area (Å²) in [5.74, 6) is 0.755. The molecular weight excluding hydrogens is 346 g/mol. The van der Waals surface area contributed by atoms with Gasteiger partial charge in [0.05, 0.1) is 7.11 Å². The first-order valence-electron chi connectivity index (χ1n) is 8.30. The Morgan fingerprint density at radius 2 is 2.04 bits per heavy atom. The lowest BCUT2D eigenvalue weighted by molar-refractivity contribution is 0.0954. The molecule has 3 rings (SSSR count). The van der Waals surface area contributed by atoms with Gasteiger partial charge in [0.25, 0.3) is 5.91 Å². The fourth-order valence-electron chi connectivity index (χ4n) is 2.65. The van der Waals surface area contributed by atoms with Crippen molar-refractivity contribution in [3.63, 3.8) is 0 Å². The summed E-state index contributed by atoms with van der Waals surface area (Å²) in [5.41, 5.74) is 2.72. The highest BCUT2D eigenvalue weighted by Gasteiger charge is 2.09. The van der Waals surface area contributed by atoms with E-state index < -0.39 is 0 Å². The van der Waals surface area contributed by atoms with Crippen LogP contribution in [0.3, 0.4) is 0 Å². The van der Waals surface area contributed by atoms with Crippen molar-refractivity contribution in [1.29, 1.82) is 0 Å². The second-order valence-corrected chi connectivity index (χ2v) is 6.46. The molecule has 134 valence electrons. The summed E-state index contributed by atoms with van der Waals surface area (Å²) < 4.78 is 7.12. The minimum Gasteiger partial charge on any atom is -0.497 e. The zero-order chi connectivity index (χ0) is 18.4. The minimum absolute atomic E-state index is 0.0776. The third-order valence-corrected chi connectivity index (χ3v) is 4.70. The molecule has 0 atom stereocenters. The number of methoxy groups -OCH3 is 1. The third-order valence-electron chi connectivity index (χ3n) is 4.03. The quantitative estimate of drug-likeness (QED) is 0.649. The molecule has 1 heterocycles. The molecule has 0 bridgehead atoms. The summed E-state index contributed by atoms with van der Waals surface area (Å²) in [5, 5.41) is 3.87. The number of hydrogen-bond acceptors (Lipinski definition) is 4. The van der Waals surface area contributed by atoms with Crippen molar-refractivity contribution < 1.29 is 9.53 Å². The van der Waals surface area contributed by atoms with Crippen LogP contribution in [-0.2, 0) is 6.42 Å². The van der Waals surface area contributed by atoms with Crippen LogP contribution in [0.25, 0.3) is 5.69 Å². The number of thioether (sulfide) groups is 1. The average Bonchev–Trinajstić information content (AvgIpc) is 3.17. The molecule has 0 unspecified atom stereocenters. The van der Waals surface area contributed by atoms with Crippen molar-refractivity contribution in [3.05, 3.63) is 72.1 Å². The van der Waals surface area contributed by atoms with E-state index in [1.54, 1.807) is 25.1 Å². The predicted molar refractivity (Wildman–Crippen MR) is 104 cm³/mol. The van der Waals surface area contributed by atoms with E-state index >= 15 is 0 Å². The number of amides is 1. The van der Waals surface area contributed by atoms with Gasteiger partial charge in [-0.1, -0.05) is 30.0 Å². The smallest absolute Gasteiger partial charge is 0.251 e.